The molecule has 0 N–H and O–H groups in total. The molecule has 0 bridgehead atoms. The lowest BCUT2D eigenvalue weighted by atomic mass is 9.35. The van der Waals surface area contributed by atoms with Crippen molar-refractivity contribution in [1.29, 1.82) is 0 Å². The number of aromatic nitrogens is 2. The van der Waals surface area contributed by atoms with E-state index in [4.69, 9.17) is 18.9 Å². The predicted molar refractivity (Wildman–Crippen MR) is 294 cm³/mol. The number of hydrogen-bond acceptors (Lipinski definition) is 4. The molecule has 6 nitrogen and oxygen atoms in total. The minimum atomic E-state index is -2.31. The van der Waals surface area contributed by atoms with Gasteiger partial charge in [-0.3, -0.25) is 0 Å². The Kier molecular flexibility index (Phi) is 7.85. The van der Waals surface area contributed by atoms with E-state index in [1.54, 1.807) is 0 Å². The zero-order valence-corrected chi connectivity index (χ0v) is 39.8. The van der Waals surface area contributed by atoms with Gasteiger partial charge in [0.1, 0.15) is 54.1 Å². The molecule has 0 fully saturated rings. The van der Waals surface area contributed by atoms with Crippen molar-refractivity contribution in [3.63, 3.8) is 0 Å². The molecular weight excluding hydrogens is 886 g/mol. The van der Waals surface area contributed by atoms with Gasteiger partial charge in [-0.1, -0.05) is 157 Å². The average molecular weight is 927 g/mol. The predicted octanol–water partition coefficient (Wildman–Crippen LogP) is 10.2. The van der Waals surface area contributed by atoms with Gasteiger partial charge < -0.3 is 28.1 Å². The second kappa shape index (κ2) is 14.2. The van der Waals surface area contributed by atoms with Crippen LogP contribution in [0, 0.1) is 0 Å². The molecule has 332 valence electrons. The largest absolute Gasteiger partial charge is 0.458 e. The monoisotopic (exact) mass is 926 g/mol. The third kappa shape index (κ3) is 5.44. The molecule has 0 atom stereocenters. The Morgan fingerprint density at radius 1 is 0.310 bits per heavy atom. The van der Waals surface area contributed by atoms with E-state index in [0.717, 1.165) is 112 Å². The molecule has 9 heteroatoms. The summed E-state index contributed by atoms with van der Waals surface area (Å²) in [6, 6.07) is 74.3. The van der Waals surface area contributed by atoms with Gasteiger partial charge in [0.15, 0.2) is 0 Å². The van der Waals surface area contributed by atoms with Crippen molar-refractivity contribution in [2.24, 2.45) is 0 Å². The SMILES string of the molecule is C[Si](C)(c1ccc2c(c1)c1ccccc1n2-c1cc2c3c(c1)Oc1ccccc1B3c1ccccc1O2)c1ccc2c(c1)c1ccccc1n2-c1cc2c3c(c1)Oc1ccccc1B3c1ccccc1O2. The molecule has 10 aromatic carbocycles. The standard InChI is InChI=1S/C62H40B2N2O4Si/c1-71(2,39-27-29-51-43(35-39)41-15-3-9-21-49(41)65(51)37-31-57-61-58(32-37)68-54-24-12-6-18-46(54)63(61)45-17-5-11-23-53(45)67-57)40-28-30-52-44(36-40)42-16-4-10-22-50(42)66(52)38-33-59-62-60(34-38)70-56-26-14-8-20-48(56)64(62)47-19-7-13-25-55(47)69-59/h3-36H,1-2H3. The molecule has 0 spiro atoms. The third-order valence-corrected chi connectivity index (χ3v) is 19.4. The van der Waals surface area contributed by atoms with Crippen molar-refractivity contribution < 1.29 is 18.9 Å². The summed E-state index contributed by atoms with van der Waals surface area (Å²) in [5.74, 6) is 6.86. The molecule has 0 saturated heterocycles. The van der Waals surface area contributed by atoms with Crippen LogP contribution in [-0.2, 0) is 0 Å². The maximum atomic E-state index is 6.76. The summed E-state index contributed by atoms with van der Waals surface area (Å²) in [5, 5.41) is 7.63. The fraction of sp³-hybridized carbons (Fsp3) is 0.0323. The maximum Gasteiger partial charge on any atom is 0.260 e. The van der Waals surface area contributed by atoms with Gasteiger partial charge >= 0.3 is 0 Å². The molecule has 0 aliphatic carbocycles. The highest BCUT2D eigenvalue weighted by molar-refractivity contribution is 7.01. The van der Waals surface area contributed by atoms with Crippen molar-refractivity contribution in [3.8, 4) is 57.4 Å². The first-order valence-corrected chi connectivity index (χ1v) is 27.5. The van der Waals surface area contributed by atoms with E-state index in [1.165, 1.54) is 31.9 Å². The number of fused-ring (bicyclic) bond motifs is 14. The molecule has 71 heavy (non-hydrogen) atoms. The Morgan fingerprint density at radius 2 is 0.620 bits per heavy atom. The van der Waals surface area contributed by atoms with Crippen LogP contribution < -0.4 is 62.1 Å². The van der Waals surface area contributed by atoms with E-state index in [-0.39, 0.29) is 13.4 Å². The molecule has 12 aromatic rings. The number of benzene rings is 10. The summed E-state index contributed by atoms with van der Waals surface area (Å²) < 4.78 is 31.8. The minimum Gasteiger partial charge on any atom is -0.458 e. The lowest BCUT2D eigenvalue weighted by Gasteiger charge is -2.33. The molecule has 16 rings (SSSR count). The number of hydrogen-bond donors (Lipinski definition) is 0. The van der Waals surface area contributed by atoms with Crippen LogP contribution in [0.5, 0.6) is 46.0 Å². The molecule has 4 aliphatic heterocycles. The number of para-hydroxylation sites is 6. The maximum absolute atomic E-state index is 6.76. The van der Waals surface area contributed by atoms with Gasteiger partial charge in [-0.05, 0) is 70.4 Å². The lowest BCUT2D eigenvalue weighted by Crippen LogP contribution is -2.57. The van der Waals surface area contributed by atoms with Crippen LogP contribution in [-0.4, -0.2) is 30.6 Å². The van der Waals surface area contributed by atoms with Crippen LogP contribution in [0.15, 0.2) is 206 Å². The first-order valence-electron chi connectivity index (χ1n) is 24.5. The highest BCUT2D eigenvalue weighted by atomic mass is 28.3. The summed E-state index contributed by atoms with van der Waals surface area (Å²) in [7, 11) is -2.31. The minimum absolute atomic E-state index is 0.0260. The number of rotatable bonds is 4. The first-order chi connectivity index (χ1) is 34.9. The fourth-order valence-electron chi connectivity index (χ4n) is 12.5. The molecule has 0 amide bonds. The number of nitrogens with zero attached hydrogens (tertiary/aromatic N) is 2. The van der Waals surface area contributed by atoms with Crippen LogP contribution >= 0.6 is 0 Å². The molecular formula is C62H40B2N2O4Si. The van der Waals surface area contributed by atoms with Crippen LogP contribution in [0.3, 0.4) is 0 Å². The van der Waals surface area contributed by atoms with Crippen molar-refractivity contribution in [3.05, 3.63) is 206 Å². The first kappa shape index (κ1) is 39.2. The summed E-state index contributed by atoms with van der Waals surface area (Å²) >= 11 is 0. The van der Waals surface area contributed by atoms with Gasteiger partial charge in [-0.2, -0.15) is 0 Å². The molecule has 0 radical (unpaired) electrons. The normalized spacial score (nSPS) is 13.6. The van der Waals surface area contributed by atoms with Gasteiger partial charge in [0.25, 0.3) is 13.4 Å². The number of ether oxygens (including phenoxy) is 4. The van der Waals surface area contributed by atoms with Crippen molar-refractivity contribution in [1.82, 2.24) is 9.13 Å². The molecule has 0 unspecified atom stereocenters. The lowest BCUT2D eigenvalue weighted by molar-refractivity contribution is 0.463. The van der Waals surface area contributed by atoms with Crippen LogP contribution in [0.25, 0.3) is 55.0 Å². The average Bonchev–Trinajstić information content (AvgIpc) is 3.93. The Labute approximate surface area is 411 Å². The van der Waals surface area contributed by atoms with E-state index in [1.807, 2.05) is 0 Å². The van der Waals surface area contributed by atoms with Gasteiger partial charge in [0, 0.05) is 56.7 Å². The summed E-state index contributed by atoms with van der Waals surface area (Å²) in [6.45, 7) is 5.02. The van der Waals surface area contributed by atoms with Crippen molar-refractivity contribution in [2.45, 2.75) is 13.1 Å². The van der Waals surface area contributed by atoms with Crippen molar-refractivity contribution in [2.75, 3.05) is 0 Å². The van der Waals surface area contributed by atoms with Gasteiger partial charge in [0.2, 0.25) is 0 Å². The summed E-state index contributed by atoms with van der Waals surface area (Å²) in [6.07, 6.45) is 0. The Morgan fingerprint density at radius 3 is 0.986 bits per heavy atom. The summed E-state index contributed by atoms with van der Waals surface area (Å²) in [5.41, 5.74) is 13.4. The second-order valence-electron chi connectivity index (χ2n) is 19.9. The van der Waals surface area contributed by atoms with Crippen LogP contribution in [0.1, 0.15) is 0 Å². The third-order valence-electron chi connectivity index (χ3n) is 15.9. The van der Waals surface area contributed by atoms with E-state index < -0.39 is 8.07 Å². The van der Waals surface area contributed by atoms with Gasteiger partial charge in [-0.15, -0.1) is 0 Å². The van der Waals surface area contributed by atoms with Gasteiger partial charge in [-0.25, -0.2) is 0 Å². The van der Waals surface area contributed by atoms with Crippen LogP contribution in [0.4, 0.5) is 0 Å². The van der Waals surface area contributed by atoms with Crippen molar-refractivity contribution >= 4 is 108 Å². The molecule has 6 heterocycles. The van der Waals surface area contributed by atoms with E-state index >= 15 is 0 Å². The second-order valence-corrected chi connectivity index (χ2v) is 24.3. The highest BCUT2D eigenvalue weighted by Gasteiger charge is 2.42. The van der Waals surface area contributed by atoms with E-state index in [9.17, 15) is 0 Å². The molecule has 2 aromatic heterocycles. The zero-order valence-electron chi connectivity index (χ0n) is 38.8. The zero-order chi connectivity index (χ0) is 46.7. The Hall–Kier alpha value is -8.65. The molecule has 0 saturated carbocycles. The van der Waals surface area contributed by atoms with E-state index in [2.05, 4.69) is 228 Å². The highest BCUT2D eigenvalue weighted by Crippen LogP contribution is 2.42. The van der Waals surface area contributed by atoms with E-state index in [0.29, 0.717) is 0 Å². The summed E-state index contributed by atoms with van der Waals surface area (Å²) in [4.78, 5) is 0. The smallest absolute Gasteiger partial charge is 0.260 e. The quantitative estimate of drug-likeness (QED) is 0.165. The van der Waals surface area contributed by atoms with Gasteiger partial charge in [0.05, 0.1) is 33.4 Å². The Balaban J connectivity index is 0.818. The topological polar surface area (TPSA) is 46.8 Å². The fourth-order valence-corrected chi connectivity index (χ4v) is 14.8. The molecule has 4 aliphatic rings. The Bertz CT molecular complexity index is 3910. The van der Waals surface area contributed by atoms with Crippen LogP contribution in [0.2, 0.25) is 13.1 Å².